The molecule has 2 atom stereocenters. The summed E-state index contributed by atoms with van der Waals surface area (Å²) in [5.74, 6) is 0.907. The first-order valence-electron chi connectivity index (χ1n) is 30.8. The molecule has 0 saturated heterocycles. The van der Waals surface area contributed by atoms with Crippen LogP contribution in [0.25, 0.3) is 0 Å². The lowest BCUT2D eigenvalue weighted by Gasteiger charge is -2.18. The fraction of sp³-hybridized carbons (Fsp3) is 0.952. The van der Waals surface area contributed by atoms with Crippen molar-refractivity contribution < 1.29 is 28.6 Å². The first kappa shape index (κ1) is 66.4. The lowest BCUT2D eigenvalue weighted by molar-refractivity contribution is -0.167. The van der Waals surface area contributed by atoms with Gasteiger partial charge in [-0.05, 0) is 31.1 Å². The third kappa shape index (κ3) is 53.8. The third-order valence-electron chi connectivity index (χ3n) is 14.6. The zero-order chi connectivity index (χ0) is 49.6. The van der Waals surface area contributed by atoms with Crippen LogP contribution in [-0.2, 0) is 28.6 Å². The van der Waals surface area contributed by atoms with Crippen LogP contribution in [-0.4, -0.2) is 37.2 Å². The molecule has 0 N–H and O–H groups in total. The van der Waals surface area contributed by atoms with Gasteiger partial charge >= 0.3 is 17.9 Å². The molecule has 0 saturated carbocycles. The number of carbonyl (C=O) groups is 3. The zero-order valence-corrected chi connectivity index (χ0v) is 46.7. The minimum Gasteiger partial charge on any atom is -0.462 e. The van der Waals surface area contributed by atoms with Crippen LogP contribution >= 0.6 is 0 Å². The standard InChI is InChI=1S/C62H120O6/c1-6-8-9-10-11-12-13-14-15-24-29-34-39-44-49-54-62(65)68-59(55-66-60(63)52-47-42-37-32-27-22-18-16-20-25-30-35-40-45-50-57(3)4)56-67-61(64)53-48-43-38-33-28-23-19-17-21-26-31-36-41-46-51-58(5)7-2/h57-59H,6-56H2,1-5H3/t58?,59-/m0/s1. The Hall–Kier alpha value is -1.59. The predicted molar refractivity (Wildman–Crippen MR) is 293 cm³/mol. The Morgan fingerprint density at radius 2 is 0.559 bits per heavy atom. The SMILES string of the molecule is CCCCCCCCCCCCCCCCCC(=O)O[C@@H](COC(=O)CCCCCCCCCCCCCCCCC(C)C)COC(=O)CCCCCCCCCCCCCCCCC(C)CC. The molecule has 6 heteroatoms. The summed E-state index contributed by atoms with van der Waals surface area (Å²) in [6, 6.07) is 0. The highest BCUT2D eigenvalue weighted by atomic mass is 16.6. The van der Waals surface area contributed by atoms with Gasteiger partial charge in [-0.1, -0.05) is 311 Å². The van der Waals surface area contributed by atoms with Gasteiger partial charge in [0.15, 0.2) is 6.10 Å². The van der Waals surface area contributed by atoms with E-state index in [1.807, 2.05) is 0 Å². The molecule has 0 fully saturated rings. The fourth-order valence-corrected chi connectivity index (χ4v) is 9.55. The van der Waals surface area contributed by atoms with E-state index in [2.05, 4.69) is 34.6 Å². The van der Waals surface area contributed by atoms with E-state index in [0.717, 1.165) is 69.6 Å². The van der Waals surface area contributed by atoms with Crippen molar-refractivity contribution in [1.82, 2.24) is 0 Å². The molecule has 0 radical (unpaired) electrons. The van der Waals surface area contributed by atoms with Gasteiger partial charge in [0.2, 0.25) is 0 Å². The van der Waals surface area contributed by atoms with E-state index in [4.69, 9.17) is 14.2 Å². The van der Waals surface area contributed by atoms with Crippen molar-refractivity contribution in [1.29, 1.82) is 0 Å². The van der Waals surface area contributed by atoms with Crippen molar-refractivity contribution in [3.63, 3.8) is 0 Å². The normalized spacial score (nSPS) is 12.4. The molecule has 0 aliphatic rings. The topological polar surface area (TPSA) is 78.9 Å². The second-order valence-electron chi connectivity index (χ2n) is 22.1. The Balaban J connectivity index is 4.29. The Labute approximate surface area is 425 Å². The van der Waals surface area contributed by atoms with E-state index >= 15 is 0 Å². The van der Waals surface area contributed by atoms with Crippen LogP contribution in [0, 0.1) is 11.8 Å². The summed E-state index contributed by atoms with van der Waals surface area (Å²) in [6.07, 6.45) is 59.4. The monoisotopic (exact) mass is 961 g/mol. The summed E-state index contributed by atoms with van der Waals surface area (Å²) in [4.78, 5) is 38.2. The van der Waals surface area contributed by atoms with Crippen molar-refractivity contribution in [3.05, 3.63) is 0 Å². The molecule has 0 amide bonds. The second-order valence-corrected chi connectivity index (χ2v) is 22.1. The van der Waals surface area contributed by atoms with Crippen molar-refractivity contribution in [2.45, 2.75) is 355 Å². The van der Waals surface area contributed by atoms with Crippen molar-refractivity contribution in [3.8, 4) is 0 Å². The molecule has 68 heavy (non-hydrogen) atoms. The lowest BCUT2D eigenvalue weighted by Crippen LogP contribution is -2.30. The van der Waals surface area contributed by atoms with E-state index in [-0.39, 0.29) is 31.1 Å². The van der Waals surface area contributed by atoms with E-state index in [9.17, 15) is 14.4 Å². The second kappa shape index (κ2) is 54.7. The van der Waals surface area contributed by atoms with Gasteiger partial charge in [0, 0.05) is 19.3 Å². The van der Waals surface area contributed by atoms with Gasteiger partial charge in [-0.3, -0.25) is 14.4 Å². The molecule has 404 valence electrons. The Morgan fingerprint density at radius 1 is 0.309 bits per heavy atom. The molecule has 6 nitrogen and oxygen atoms in total. The minimum absolute atomic E-state index is 0.0621. The Kier molecular flexibility index (Phi) is 53.5. The summed E-state index contributed by atoms with van der Waals surface area (Å²) in [5.41, 5.74) is 0. The molecule has 0 aromatic heterocycles. The maximum Gasteiger partial charge on any atom is 0.306 e. The van der Waals surface area contributed by atoms with Gasteiger partial charge < -0.3 is 14.2 Å². The van der Waals surface area contributed by atoms with E-state index in [0.29, 0.717) is 19.3 Å². The average molecular weight is 962 g/mol. The molecule has 0 aromatic carbocycles. The maximum atomic E-state index is 12.9. The van der Waals surface area contributed by atoms with Crippen molar-refractivity contribution in [2.75, 3.05) is 13.2 Å². The highest BCUT2D eigenvalue weighted by molar-refractivity contribution is 5.71. The fourth-order valence-electron chi connectivity index (χ4n) is 9.55. The molecule has 0 aromatic rings. The Bertz CT molecular complexity index is 1040. The van der Waals surface area contributed by atoms with Gasteiger partial charge in [0.05, 0.1) is 0 Å². The number of hydrogen-bond acceptors (Lipinski definition) is 6. The molecule has 1 unspecified atom stereocenters. The molecule has 0 spiro atoms. The van der Waals surface area contributed by atoms with Gasteiger partial charge in [-0.25, -0.2) is 0 Å². The number of rotatable bonds is 56. The van der Waals surface area contributed by atoms with Crippen LogP contribution in [0.15, 0.2) is 0 Å². The maximum absolute atomic E-state index is 12.9. The predicted octanol–water partition coefficient (Wildman–Crippen LogP) is 20.4. The molecule has 0 rings (SSSR count). The van der Waals surface area contributed by atoms with Crippen LogP contribution < -0.4 is 0 Å². The van der Waals surface area contributed by atoms with Crippen LogP contribution in [0.4, 0.5) is 0 Å². The van der Waals surface area contributed by atoms with Gasteiger partial charge in [0.25, 0.3) is 0 Å². The van der Waals surface area contributed by atoms with Crippen LogP contribution in [0.5, 0.6) is 0 Å². The van der Waals surface area contributed by atoms with Gasteiger partial charge in [0.1, 0.15) is 13.2 Å². The number of ether oxygens (including phenoxy) is 3. The van der Waals surface area contributed by atoms with Gasteiger partial charge in [-0.15, -0.1) is 0 Å². The molecular weight excluding hydrogens is 841 g/mol. The summed E-state index contributed by atoms with van der Waals surface area (Å²) in [7, 11) is 0. The number of carbonyl (C=O) groups excluding carboxylic acids is 3. The minimum atomic E-state index is -0.763. The third-order valence-corrected chi connectivity index (χ3v) is 14.6. The lowest BCUT2D eigenvalue weighted by atomic mass is 9.99. The molecule has 0 aliphatic heterocycles. The van der Waals surface area contributed by atoms with Crippen molar-refractivity contribution in [2.24, 2.45) is 11.8 Å². The molecule has 0 aliphatic carbocycles. The summed E-state index contributed by atoms with van der Waals surface area (Å²) >= 11 is 0. The number of esters is 3. The largest absolute Gasteiger partial charge is 0.462 e. The Morgan fingerprint density at radius 3 is 0.838 bits per heavy atom. The van der Waals surface area contributed by atoms with E-state index in [1.165, 1.54) is 238 Å². The summed E-state index contributed by atoms with van der Waals surface area (Å²) in [6.45, 7) is 11.5. The average Bonchev–Trinajstić information content (AvgIpc) is 3.32. The molecule has 0 heterocycles. The summed E-state index contributed by atoms with van der Waals surface area (Å²) < 4.78 is 16.9. The van der Waals surface area contributed by atoms with Gasteiger partial charge in [-0.2, -0.15) is 0 Å². The van der Waals surface area contributed by atoms with Crippen LogP contribution in [0.2, 0.25) is 0 Å². The summed E-state index contributed by atoms with van der Waals surface area (Å²) in [5, 5.41) is 0. The smallest absolute Gasteiger partial charge is 0.306 e. The first-order chi connectivity index (χ1) is 33.3. The molecule has 0 bridgehead atoms. The van der Waals surface area contributed by atoms with E-state index < -0.39 is 6.10 Å². The highest BCUT2D eigenvalue weighted by Gasteiger charge is 2.19. The zero-order valence-electron chi connectivity index (χ0n) is 46.7. The first-order valence-corrected chi connectivity index (χ1v) is 30.8. The van der Waals surface area contributed by atoms with E-state index in [1.54, 1.807) is 0 Å². The highest BCUT2D eigenvalue weighted by Crippen LogP contribution is 2.19. The van der Waals surface area contributed by atoms with Crippen LogP contribution in [0.3, 0.4) is 0 Å². The quantitative estimate of drug-likeness (QED) is 0.0343. The number of unbranched alkanes of at least 4 members (excludes halogenated alkanes) is 40. The van der Waals surface area contributed by atoms with Crippen LogP contribution in [0.1, 0.15) is 349 Å². The number of hydrogen-bond donors (Lipinski definition) is 0. The van der Waals surface area contributed by atoms with Crippen molar-refractivity contribution >= 4 is 17.9 Å². The molecular formula is C62H120O6.